The lowest BCUT2D eigenvalue weighted by molar-refractivity contribution is -0.149. The highest BCUT2D eigenvalue weighted by molar-refractivity contribution is 5.95. The van der Waals surface area contributed by atoms with Crippen LogP contribution in [-0.2, 0) is 11.8 Å². The fraction of sp³-hybridized carbons (Fsp3) is 0.615. The second-order valence-electron chi connectivity index (χ2n) is 4.74. The number of rotatable bonds is 6. The van der Waals surface area contributed by atoms with Crippen molar-refractivity contribution in [3.8, 4) is 0 Å². The highest BCUT2D eigenvalue weighted by atomic mass is 16.4. The molecule has 0 aliphatic carbocycles. The van der Waals surface area contributed by atoms with Gasteiger partial charge in [0, 0.05) is 19.3 Å². The van der Waals surface area contributed by atoms with Gasteiger partial charge >= 0.3 is 5.97 Å². The summed E-state index contributed by atoms with van der Waals surface area (Å²) in [5, 5.41) is 16.0. The number of hydrogen-bond donors (Lipinski definition) is 2. The molecule has 1 aromatic rings. The van der Waals surface area contributed by atoms with Crippen LogP contribution in [0.1, 0.15) is 42.7 Å². The summed E-state index contributed by atoms with van der Waals surface area (Å²) >= 11 is 0. The van der Waals surface area contributed by atoms with E-state index in [4.69, 9.17) is 0 Å². The minimum atomic E-state index is -0.897. The Hall–Kier alpha value is -1.85. The molecule has 0 spiro atoms. The maximum Gasteiger partial charge on any atom is 0.311 e. The predicted molar refractivity (Wildman–Crippen MR) is 70.9 cm³/mol. The zero-order valence-electron chi connectivity index (χ0n) is 11.9. The minimum absolute atomic E-state index is 0.127. The maximum atomic E-state index is 12.0. The number of aromatic nitrogens is 2. The van der Waals surface area contributed by atoms with Gasteiger partial charge in [0.2, 0.25) is 0 Å². The van der Waals surface area contributed by atoms with Gasteiger partial charge in [0.1, 0.15) is 0 Å². The smallest absolute Gasteiger partial charge is 0.311 e. The van der Waals surface area contributed by atoms with Gasteiger partial charge in [-0.2, -0.15) is 5.10 Å². The first-order chi connectivity index (χ1) is 8.88. The van der Waals surface area contributed by atoms with Gasteiger partial charge in [-0.25, -0.2) is 0 Å². The van der Waals surface area contributed by atoms with E-state index in [0.29, 0.717) is 18.4 Å². The normalized spacial score (nSPS) is 11.4. The number of carboxylic acid groups (broad SMARTS) is 1. The van der Waals surface area contributed by atoms with Crippen molar-refractivity contribution in [2.45, 2.75) is 33.6 Å². The Bertz CT molecular complexity index is 475. The number of aliphatic carboxylic acids is 1. The van der Waals surface area contributed by atoms with Crippen molar-refractivity contribution >= 4 is 11.9 Å². The fourth-order valence-electron chi connectivity index (χ4n) is 1.94. The first-order valence-corrected chi connectivity index (χ1v) is 6.38. The van der Waals surface area contributed by atoms with Gasteiger partial charge in [-0.05, 0) is 19.8 Å². The van der Waals surface area contributed by atoms with E-state index in [9.17, 15) is 14.7 Å². The number of nitrogens with zero attached hydrogens (tertiary/aromatic N) is 2. The average molecular weight is 267 g/mol. The minimum Gasteiger partial charge on any atom is -0.481 e. The number of carboxylic acids is 1. The van der Waals surface area contributed by atoms with E-state index in [1.165, 1.54) is 6.20 Å². The van der Waals surface area contributed by atoms with Crippen molar-refractivity contribution in [1.29, 1.82) is 0 Å². The average Bonchev–Trinajstić information content (AvgIpc) is 2.71. The Kier molecular flexibility index (Phi) is 4.69. The first kappa shape index (κ1) is 15.2. The van der Waals surface area contributed by atoms with Crippen molar-refractivity contribution in [2.75, 3.05) is 6.54 Å². The van der Waals surface area contributed by atoms with E-state index in [-0.39, 0.29) is 12.5 Å². The number of carbonyl (C=O) groups is 2. The lowest BCUT2D eigenvalue weighted by atomic mass is 9.82. The van der Waals surface area contributed by atoms with Crippen molar-refractivity contribution in [1.82, 2.24) is 15.1 Å². The third-order valence-corrected chi connectivity index (χ3v) is 3.87. The lowest BCUT2D eigenvalue weighted by Crippen LogP contribution is -2.42. The molecule has 2 N–H and O–H groups in total. The molecular formula is C13H21N3O3. The lowest BCUT2D eigenvalue weighted by Gasteiger charge is -2.26. The van der Waals surface area contributed by atoms with Crippen molar-refractivity contribution in [3.05, 3.63) is 17.5 Å². The van der Waals surface area contributed by atoms with E-state index >= 15 is 0 Å². The molecule has 1 aromatic heterocycles. The molecule has 0 fully saturated rings. The largest absolute Gasteiger partial charge is 0.481 e. The number of hydrogen-bond acceptors (Lipinski definition) is 3. The monoisotopic (exact) mass is 267 g/mol. The van der Waals surface area contributed by atoms with Crippen LogP contribution in [0.2, 0.25) is 0 Å². The van der Waals surface area contributed by atoms with E-state index in [1.54, 1.807) is 18.7 Å². The molecule has 1 amide bonds. The molecule has 0 saturated carbocycles. The number of aryl methyl sites for hydroxylation is 1. The van der Waals surface area contributed by atoms with Gasteiger partial charge < -0.3 is 10.4 Å². The summed E-state index contributed by atoms with van der Waals surface area (Å²) < 4.78 is 1.61. The topological polar surface area (TPSA) is 84.2 Å². The van der Waals surface area contributed by atoms with Crippen LogP contribution in [0.4, 0.5) is 0 Å². The van der Waals surface area contributed by atoms with Crippen LogP contribution in [0.15, 0.2) is 6.20 Å². The predicted octanol–water partition coefficient (Wildman–Crippen LogP) is 1.35. The second-order valence-corrected chi connectivity index (χ2v) is 4.74. The zero-order chi connectivity index (χ0) is 14.6. The maximum absolute atomic E-state index is 12.0. The fourth-order valence-corrected chi connectivity index (χ4v) is 1.94. The Balaban J connectivity index is 2.78. The molecule has 1 heterocycles. The molecule has 6 heteroatoms. The van der Waals surface area contributed by atoms with Crippen LogP contribution in [0.25, 0.3) is 0 Å². The number of nitrogens with one attached hydrogen (secondary N) is 1. The van der Waals surface area contributed by atoms with Crippen LogP contribution >= 0.6 is 0 Å². The Morgan fingerprint density at radius 3 is 2.37 bits per heavy atom. The first-order valence-electron chi connectivity index (χ1n) is 6.38. The van der Waals surface area contributed by atoms with Gasteiger partial charge in [0.05, 0.1) is 17.2 Å². The Labute approximate surface area is 112 Å². The summed E-state index contributed by atoms with van der Waals surface area (Å²) in [6.07, 6.45) is 2.45. The molecule has 0 bridgehead atoms. The quantitative estimate of drug-likeness (QED) is 0.814. The van der Waals surface area contributed by atoms with Crippen LogP contribution in [-0.4, -0.2) is 33.3 Å². The third-order valence-electron chi connectivity index (χ3n) is 3.87. The number of amides is 1. The van der Waals surface area contributed by atoms with Crippen molar-refractivity contribution in [3.63, 3.8) is 0 Å². The number of carbonyl (C=O) groups excluding carboxylic acids is 1. The molecule has 0 aromatic carbocycles. The molecule has 0 unspecified atom stereocenters. The van der Waals surface area contributed by atoms with Gasteiger partial charge in [-0.1, -0.05) is 13.8 Å². The summed E-state index contributed by atoms with van der Waals surface area (Å²) in [4.78, 5) is 23.4. The van der Waals surface area contributed by atoms with E-state index in [2.05, 4.69) is 10.4 Å². The van der Waals surface area contributed by atoms with Crippen LogP contribution in [0.3, 0.4) is 0 Å². The molecule has 0 aliphatic heterocycles. The summed E-state index contributed by atoms with van der Waals surface area (Å²) in [6.45, 7) is 5.56. The van der Waals surface area contributed by atoms with E-state index < -0.39 is 11.4 Å². The van der Waals surface area contributed by atoms with Crippen molar-refractivity contribution in [2.24, 2.45) is 12.5 Å². The zero-order valence-corrected chi connectivity index (χ0v) is 11.9. The van der Waals surface area contributed by atoms with Crippen LogP contribution in [0.5, 0.6) is 0 Å². The van der Waals surface area contributed by atoms with Gasteiger partial charge in [-0.3, -0.25) is 14.3 Å². The molecule has 6 nitrogen and oxygen atoms in total. The molecular weight excluding hydrogens is 246 g/mol. The third kappa shape index (κ3) is 2.94. The SMILES string of the molecule is CCC(CC)(CNC(=O)c1cnn(C)c1C)C(=O)O. The highest BCUT2D eigenvalue weighted by Gasteiger charge is 2.35. The van der Waals surface area contributed by atoms with Crippen molar-refractivity contribution < 1.29 is 14.7 Å². The van der Waals surface area contributed by atoms with E-state index in [1.807, 2.05) is 13.8 Å². The second kappa shape index (κ2) is 5.86. The molecule has 0 aliphatic rings. The van der Waals surface area contributed by atoms with Crippen LogP contribution < -0.4 is 5.32 Å². The molecule has 0 saturated heterocycles. The molecule has 1 rings (SSSR count). The summed E-state index contributed by atoms with van der Waals surface area (Å²) in [5.74, 6) is -1.15. The summed E-state index contributed by atoms with van der Waals surface area (Å²) in [5.41, 5.74) is 0.339. The molecule has 106 valence electrons. The van der Waals surface area contributed by atoms with Gasteiger partial charge in [0.15, 0.2) is 0 Å². The van der Waals surface area contributed by atoms with Gasteiger partial charge in [0.25, 0.3) is 5.91 Å². The molecule has 19 heavy (non-hydrogen) atoms. The Morgan fingerprint density at radius 2 is 2.00 bits per heavy atom. The van der Waals surface area contributed by atoms with E-state index in [0.717, 1.165) is 5.69 Å². The summed E-state index contributed by atoms with van der Waals surface area (Å²) in [6, 6.07) is 0. The summed E-state index contributed by atoms with van der Waals surface area (Å²) in [7, 11) is 1.76. The molecule has 0 radical (unpaired) electrons. The standard InChI is InChI=1S/C13H21N3O3/c1-5-13(6-2,12(18)19)8-14-11(17)10-7-15-16(4)9(10)3/h7H,5-6,8H2,1-4H3,(H,14,17)(H,18,19). The Morgan fingerprint density at radius 1 is 1.42 bits per heavy atom. The highest BCUT2D eigenvalue weighted by Crippen LogP contribution is 2.25. The van der Waals surface area contributed by atoms with Crippen LogP contribution in [0, 0.1) is 12.3 Å². The van der Waals surface area contributed by atoms with Gasteiger partial charge in [-0.15, -0.1) is 0 Å². The molecule has 0 atom stereocenters.